The van der Waals surface area contributed by atoms with Crippen LogP contribution in [0.3, 0.4) is 0 Å². The van der Waals surface area contributed by atoms with Gasteiger partial charge >= 0.3 is 10.3 Å². The number of ether oxygens (including phenoxy) is 1. The third-order valence-corrected chi connectivity index (χ3v) is 5.17. The highest BCUT2D eigenvalue weighted by Crippen LogP contribution is 2.46. The van der Waals surface area contributed by atoms with Crippen molar-refractivity contribution < 1.29 is 17.7 Å². The number of fused-ring (bicyclic) bond motifs is 1. The van der Waals surface area contributed by atoms with Gasteiger partial charge in [-0.1, -0.05) is 32.9 Å². The molecule has 0 fully saturated rings. The molecule has 0 spiro atoms. The Balaban J connectivity index is 2.23. The van der Waals surface area contributed by atoms with Gasteiger partial charge in [-0.15, -0.1) is 11.8 Å². The van der Waals surface area contributed by atoms with E-state index in [4.69, 9.17) is 9.29 Å². The number of nitrogens with one attached hydrogen (secondary N) is 1. The average molecular weight is 317 g/mol. The molecule has 2 rings (SSSR count). The summed E-state index contributed by atoms with van der Waals surface area (Å²) in [4.78, 5) is 0. The third kappa shape index (κ3) is 3.28. The zero-order valence-electron chi connectivity index (χ0n) is 11.7. The van der Waals surface area contributed by atoms with E-state index in [9.17, 15) is 8.42 Å². The first kappa shape index (κ1) is 15.6. The fraction of sp³-hybridized carbons (Fsp3) is 0.538. The Labute approximate surface area is 124 Å². The van der Waals surface area contributed by atoms with Crippen molar-refractivity contribution in [2.45, 2.75) is 38.2 Å². The maximum absolute atomic E-state index is 10.7. The summed E-state index contributed by atoms with van der Waals surface area (Å²) < 4.78 is 38.2. The molecule has 112 valence electrons. The normalized spacial score (nSPS) is 20.5. The number of thioether (sulfide) groups is 1. The van der Waals surface area contributed by atoms with Gasteiger partial charge in [0.15, 0.2) is 5.44 Å². The van der Waals surface area contributed by atoms with Crippen LogP contribution in [0, 0.1) is 0 Å². The van der Waals surface area contributed by atoms with Crippen LogP contribution in [0.5, 0.6) is 5.75 Å². The molecule has 0 amide bonds. The molecular weight excluding hydrogens is 298 g/mol. The molecule has 0 aromatic heterocycles. The molecular formula is C13H19NO4S2. The highest BCUT2D eigenvalue weighted by Gasteiger charge is 2.41. The van der Waals surface area contributed by atoms with E-state index in [0.29, 0.717) is 0 Å². The first-order valence-corrected chi connectivity index (χ1v) is 8.86. The van der Waals surface area contributed by atoms with Gasteiger partial charge in [0.05, 0.1) is 0 Å². The molecule has 7 heteroatoms. The topological polar surface area (TPSA) is 75.6 Å². The van der Waals surface area contributed by atoms with Crippen molar-refractivity contribution in [3.8, 4) is 5.75 Å². The lowest BCUT2D eigenvalue weighted by Gasteiger charge is -2.25. The molecule has 1 aliphatic heterocycles. The SMILES string of the molecule is CCSC1Oc2ccc(CNS(=O)(=O)O)cc2C1(C)C. The van der Waals surface area contributed by atoms with Gasteiger partial charge in [-0.2, -0.15) is 13.1 Å². The van der Waals surface area contributed by atoms with Crippen LogP contribution < -0.4 is 9.46 Å². The first-order valence-electron chi connectivity index (χ1n) is 6.38. The quantitative estimate of drug-likeness (QED) is 0.815. The molecule has 5 nitrogen and oxygen atoms in total. The van der Waals surface area contributed by atoms with Crippen molar-refractivity contribution in [1.82, 2.24) is 4.72 Å². The van der Waals surface area contributed by atoms with Crippen LogP contribution in [0.25, 0.3) is 0 Å². The highest BCUT2D eigenvalue weighted by molar-refractivity contribution is 7.99. The predicted molar refractivity (Wildman–Crippen MR) is 80.4 cm³/mol. The van der Waals surface area contributed by atoms with Crippen molar-refractivity contribution in [3.05, 3.63) is 29.3 Å². The van der Waals surface area contributed by atoms with Gasteiger partial charge in [0.25, 0.3) is 0 Å². The van der Waals surface area contributed by atoms with E-state index >= 15 is 0 Å². The Morgan fingerprint density at radius 1 is 1.45 bits per heavy atom. The monoisotopic (exact) mass is 317 g/mol. The van der Waals surface area contributed by atoms with Gasteiger partial charge in [-0.3, -0.25) is 4.55 Å². The summed E-state index contributed by atoms with van der Waals surface area (Å²) in [5.41, 5.74) is 1.79. The van der Waals surface area contributed by atoms with E-state index in [1.54, 1.807) is 17.8 Å². The van der Waals surface area contributed by atoms with Crippen molar-refractivity contribution >= 4 is 22.1 Å². The number of benzene rings is 1. The Hall–Kier alpha value is -0.760. The lowest BCUT2D eigenvalue weighted by atomic mass is 9.86. The summed E-state index contributed by atoms with van der Waals surface area (Å²) in [5.74, 6) is 1.82. The van der Waals surface area contributed by atoms with E-state index in [1.807, 2.05) is 12.1 Å². The summed E-state index contributed by atoms with van der Waals surface area (Å²) >= 11 is 1.75. The number of rotatable bonds is 5. The fourth-order valence-corrected chi connectivity index (χ4v) is 3.62. The molecule has 1 aromatic carbocycles. The number of hydrogen-bond donors (Lipinski definition) is 2. The standard InChI is InChI=1S/C13H19NO4S2/c1-4-19-12-13(2,3)10-7-9(5-6-11(10)18-12)8-14-20(15,16)17/h5-7,12,14H,4,8H2,1-3H3,(H,15,16,17). The third-order valence-electron chi connectivity index (χ3n) is 3.34. The molecule has 1 aliphatic rings. The first-order chi connectivity index (χ1) is 9.24. The van der Waals surface area contributed by atoms with Crippen LogP contribution in [-0.4, -0.2) is 24.2 Å². The van der Waals surface area contributed by atoms with Gasteiger partial charge in [-0.05, 0) is 17.4 Å². The molecule has 0 radical (unpaired) electrons. The molecule has 0 bridgehead atoms. The summed E-state index contributed by atoms with van der Waals surface area (Å²) in [7, 11) is -4.17. The Morgan fingerprint density at radius 3 is 2.75 bits per heavy atom. The molecule has 1 heterocycles. The van der Waals surface area contributed by atoms with Crippen LogP contribution >= 0.6 is 11.8 Å². The molecule has 1 aromatic rings. The summed E-state index contributed by atoms with van der Waals surface area (Å²) in [6, 6.07) is 5.59. The molecule has 2 N–H and O–H groups in total. The second kappa shape index (κ2) is 5.55. The zero-order chi connectivity index (χ0) is 15.0. The van der Waals surface area contributed by atoms with Crippen molar-refractivity contribution in [1.29, 1.82) is 0 Å². The Kier molecular flexibility index (Phi) is 4.34. The second-order valence-corrected chi connectivity index (χ2v) is 7.83. The van der Waals surface area contributed by atoms with E-state index in [-0.39, 0.29) is 17.4 Å². The minimum Gasteiger partial charge on any atom is -0.479 e. The maximum atomic E-state index is 10.7. The zero-order valence-corrected chi connectivity index (χ0v) is 13.3. The van der Waals surface area contributed by atoms with Gasteiger partial charge in [0.2, 0.25) is 0 Å². The fourth-order valence-electron chi connectivity index (χ4n) is 2.25. The highest BCUT2D eigenvalue weighted by atomic mass is 32.2. The van der Waals surface area contributed by atoms with Crippen molar-refractivity contribution in [2.24, 2.45) is 0 Å². The smallest absolute Gasteiger partial charge is 0.333 e. The van der Waals surface area contributed by atoms with Gasteiger partial charge < -0.3 is 4.74 Å². The van der Waals surface area contributed by atoms with Crippen molar-refractivity contribution in [3.63, 3.8) is 0 Å². The minimum absolute atomic E-state index is 0.0623. The van der Waals surface area contributed by atoms with Gasteiger partial charge in [-0.25, -0.2) is 0 Å². The second-order valence-electron chi connectivity index (χ2n) is 5.25. The summed E-state index contributed by atoms with van der Waals surface area (Å²) in [6.45, 7) is 6.39. The molecule has 0 aliphatic carbocycles. The van der Waals surface area contributed by atoms with E-state index in [1.165, 1.54) is 0 Å². The molecule has 0 saturated carbocycles. The lowest BCUT2D eigenvalue weighted by molar-refractivity contribution is 0.255. The van der Waals surface area contributed by atoms with E-state index in [0.717, 1.165) is 22.6 Å². The summed E-state index contributed by atoms with van der Waals surface area (Å²) in [5, 5.41) is 0. The van der Waals surface area contributed by atoms with Gasteiger partial charge in [0, 0.05) is 17.5 Å². The van der Waals surface area contributed by atoms with Crippen LogP contribution in [0.1, 0.15) is 31.9 Å². The Bertz CT molecular complexity index is 598. The molecule has 1 unspecified atom stereocenters. The largest absolute Gasteiger partial charge is 0.479 e. The minimum atomic E-state index is -4.17. The van der Waals surface area contributed by atoms with Crippen molar-refractivity contribution in [2.75, 3.05) is 5.75 Å². The predicted octanol–water partition coefficient (Wildman–Crippen LogP) is 2.33. The molecule has 0 saturated heterocycles. The number of hydrogen-bond acceptors (Lipinski definition) is 4. The van der Waals surface area contributed by atoms with Gasteiger partial charge in [0.1, 0.15) is 5.75 Å². The molecule has 1 atom stereocenters. The van der Waals surface area contributed by atoms with Crippen LogP contribution in [-0.2, 0) is 22.3 Å². The van der Waals surface area contributed by atoms with Crippen LogP contribution in [0.15, 0.2) is 18.2 Å². The maximum Gasteiger partial charge on any atom is 0.333 e. The Morgan fingerprint density at radius 2 is 2.15 bits per heavy atom. The molecule has 20 heavy (non-hydrogen) atoms. The van der Waals surface area contributed by atoms with E-state index < -0.39 is 10.3 Å². The van der Waals surface area contributed by atoms with Crippen LogP contribution in [0.2, 0.25) is 0 Å². The van der Waals surface area contributed by atoms with E-state index in [2.05, 4.69) is 25.5 Å². The van der Waals surface area contributed by atoms with Crippen LogP contribution in [0.4, 0.5) is 0 Å². The summed E-state index contributed by atoms with van der Waals surface area (Å²) in [6.07, 6.45) is 0. The average Bonchev–Trinajstić information content (AvgIpc) is 2.59. The lowest BCUT2D eigenvalue weighted by Crippen LogP contribution is -2.29.